The van der Waals surface area contributed by atoms with E-state index in [1.165, 1.54) is 17.4 Å². The summed E-state index contributed by atoms with van der Waals surface area (Å²) in [7, 11) is 1.62. The first-order valence-electron chi connectivity index (χ1n) is 9.27. The molecule has 1 aliphatic rings. The second kappa shape index (κ2) is 8.24. The number of hydrogen-bond donors (Lipinski definition) is 0. The first kappa shape index (κ1) is 19.4. The number of rotatable bonds is 4. The summed E-state index contributed by atoms with van der Waals surface area (Å²) >= 11 is 1.50. The lowest BCUT2D eigenvalue weighted by Gasteiger charge is -2.31. The van der Waals surface area contributed by atoms with Crippen molar-refractivity contribution >= 4 is 17.2 Å². The maximum atomic E-state index is 14.0. The zero-order valence-corrected chi connectivity index (χ0v) is 16.6. The van der Waals surface area contributed by atoms with Crippen LogP contribution in [0.4, 0.5) is 8.78 Å². The average Bonchev–Trinajstić information content (AvgIpc) is 3.24. The lowest BCUT2D eigenvalue weighted by Crippen LogP contribution is -2.39. The van der Waals surface area contributed by atoms with Gasteiger partial charge in [0.05, 0.1) is 12.7 Å². The number of methoxy groups -OCH3 is 1. The van der Waals surface area contributed by atoms with Crippen LogP contribution in [-0.2, 0) is 0 Å². The van der Waals surface area contributed by atoms with E-state index in [-0.39, 0.29) is 11.5 Å². The van der Waals surface area contributed by atoms with Crippen LogP contribution in [0.3, 0.4) is 0 Å². The zero-order chi connectivity index (χ0) is 20.4. The average molecular weight is 415 g/mol. The van der Waals surface area contributed by atoms with Crippen LogP contribution in [0.1, 0.15) is 34.1 Å². The van der Waals surface area contributed by atoms with Crippen molar-refractivity contribution in [2.45, 2.75) is 18.8 Å². The second-order valence-corrected chi connectivity index (χ2v) is 7.90. The molecule has 0 aliphatic carbocycles. The fraction of sp³-hybridized carbons (Fsp3) is 0.286. The predicted octanol–water partition coefficient (Wildman–Crippen LogP) is 4.51. The molecule has 0 N–H and O–H groups in total. The van der Waals surface area contributed by atoms with Crippen LogP contribution in [0.5, 0.6) is 5.75 Å². The molecule has 1 atom stereocenters. The number of carbonyl (C=O) groups is 1. The summed E-state index contributed by atoms with van der Waals surface area (Å²) in [4.78, 5) is 14.3. The van der Waals surface area contributed by atoms with Crippen LogP contribution in [-0.4, -0.2) is 41.2 Å². The first-order chi connectivity index (χ1) is 14.0. The minimum atomic E-state index is -0.838. The molecule has 0 bridgehead atoms. The third-order valence-corrected chi connectivity index (χ3v) is 6.13. The molecule has 1 amide bonds. The van der Waals surface area contributed by atoms with E-state index in [0.717, 1.165) is 46.3 Å². The van der Waals surface area contributed by atoms with Gasteiger partial charge in [-0.3, -0.25) is 4.79 Å². The van der Waals surface area contributed by atoms with Gasteiger partial charge in [-0.25, -0.2) is 8.78 Å². The lowest BCUT2D eigenvalue weighted by atomic mass is 9.98. The molecule has 4 rings (SSSR count). The minimum Gasteiger partial charge on any atom is -0.497 e. The van der Waals surface area contributed by atoms with Gasteiger partial charge in [0.2, 0.25) is 0 Å². The number of benzene rings is 2. The summed E-state index contributed by atoms with van der Waals surface area (Å²) in [5.41, 5.74) is 0.843. The smallest absolute Gasteiger partial charge is 0.256 e. The largest absolute Gasteiger partial charge is 0.497 e. The Labute approximate surface area is 171 Å². The van der Waals surface area contributed by atoms with E-state index in [1.807, 2.05) is 24.3 Å². The van der Waals surface area contributed by atoms with E-state index in [4.69, 9.17) is 4.74 Å². The zero-order valence-electron chi connectivity index (χ0n) is 15.8. The van der Waals surface area contributed by atoms with E-state index in [1.54, 1.807) is 12.0 Å². The molecule has 2 heterocycles. The molecule has 29 heavy (non-hydrogen) atoms. The minimum absolute atomic E-state index is 0.0423. The number of piperidine rings is 1. The number of hydrogen-bond acceptors (Lipinski definition) is 5. The third kappa shape index (κ3) is 4.12. The molecule has 2 aromatic carbocycles. The van der Waals surface area contributed by atoms with Crippen molar-refractivity contribution in [3.05, 3.63) is 64.7 Å². The van der Waals surface area contributed by atoms with Crippen LogP contribution in [0, 0.1) is 11.6 Å². The highest BCUT2D eigenvalue weighted by Gasteiger charge is 2.29. The summed E-state index contributed by atoms with van der Waals surface area (Å²) in [6.07, 6.45) is 1.67. The van der Waals surface area contributed by atoms with Crippen LogP contribution in [0.25, 0.3) is 10.6 Å². The maximum Gasteiger partial charge on any atom is 0.256 e. The van der Waals surface area contributed by atoms with Crippen molar-refractivity contribution in [2.24, 2.45) is 0 Å². The van der Waals surface area contributed by atoms with E-state index in [0.29, 0.717) is 13.1 Å². The molecule has 5 nitrogen and oxygen atoms in total. The fourth-order valence-corrected chi connectivity index (χ4v) is 4.42. The number of halogens is 2. The highest BCUT2D eigenvalue weighted by molar-refractivity contribution is 7.14. The predicted molar refractivity (Wildman–Crippen MR) is 106 cm³/mol. The highest BCUT2D eigenvalue weighted by Crippen LogP contribution is 2.33. The van der Waals surface area contributed by atoms with Gasteiger partial charge in [-0.2, -0.15) is 0 Å². The molecule has 0 spiro atoms. The van der Waals surface area contributed by atoms with Gasteiger partial charge < -0.3 is 9.64 Å². The van der Waals surface area contributed by atoms with E-state index in [9.17, 15) is 13.6 Å². The molecule has 1 unspecified atom stereocenters. The highest BCUT2D eigenvalue weighted by atomic mass is 32.1. The molecule has 0 saturated carbocycles. The van der Waals surface area contributed by atoms with Crippen molar-refractivity contribution in [1.82, 2.24) is 15.1 Å². The Hall–Kier alpha value is -2.87. The van der Waals surface area contributed by atoms with Crippen molar-refractivity contribution in [3.63, 3.8) is 0 Å². The lowest BCUT2D eigenvalue weighted by molar-refractivity contribution is 0.0702. The molecule has 1 fully saturated rings. The molecule has 8 heteroatoms. The summed E-state index contributed by atoms with van der Waals surface area (Å²) in [6, 6.07) is 10.6. The van der Waals surface area contributed by atoms with Gasteiger partial charge in [-0.1, -0.05) is 11.3 Å². The van der Waals surface area contributed by atoms with Gasteiger partial charge >= 0.3 is 0 Å². The Balaban J connectivity index is 1.50. The Morgan fingerprint density at radius 2 is 1.97 bits per heavy atom. The summed E-state index contributed by atoms with van der Waals surface area (Å²) in [5, 5.41) is 10.3. The Morgan fingerprint density at radius 3 is 2.69 bits per heavy atom. The number of amides is 1. The number of nitrogens with zero attached hydrogens (tertiary/aromatic N) is 3. The van der Waals surface area contributed by atoms with E-state index < -0.39 is 17.5 Å². The maximum absolute atomic E-state index is 14.0. The molecule has 3 aromatic rings. The standard InChI is InChI=1S/C21H19F2N3O2S/c1-28-16-7-4-13(5-8-16)19-24-25-20(29-19)14-3-2-10-26(12-14)21(27)17-9-6-15(22)11-18(17)23/h4-9,11,14H,2-3,10,12H2,1H3. The molecule has 1 aromatic heterocycles. The van der Waals surface area contributed by atoms with Gasteiger partial charge in [0.15, 0.2) is 0 Å². The second-order valence-electron chi connectivity index (χ2n) is 6.89. The van der Waals surface area contributed by atoms with Gasteiger partial charge in [0, 0.05) is 30.6 Å². The topological polar surface area (TPSA) is 55.3 Å². The molecule has 0 radical (unpaired) electrons. The number of ether oxygens (including phenoxy) is 1. The molecular formula is C21H19F2N3O2S. The number of carbonyl (C=O) groups excluding carboxylic acids is 1. The molecular weight excluding hydrogens is 396 g/mol. The van der Waals surface area contributed by atoms with Crippen molar-refractivity contribution in [1.29, 1.82) is 0 Å². The number of aromatic nitrogens is 2. The van der Waals surface area contributed by atoms with E-state index in [2.05, 4.69) is 10.2 Å². The summed E-state index contributed by atoms with van der Waals surface area (Å²) < 4.78 is 32.3. The van der Waals surface area contributed by atoms with Gasteiger partial charge in [0.1, 0.15) is 27.4 Å². The third-order valence-electron chi connectivity index (χ3n) is 5.00. The molecule has 1 saturated heterocycles. The van der Waals surface area contributed by atoms with Crippen LogP contribution in [0.15, 0.2) is 42.5 Å². The quantitative estimate of drug-likeness (QED) is 0.629. The monoisotopic (exact) mass is 415 g/mol. The van der Waals surface area contributed by atoms with Gasteiger partial charge in [-0.15, -0.1) is 10.2 Å². The van der Waals surface area contributed by atoms with Crippen molar-refractivity contribution in [3.8, 4) is 16.3 Å². The van der Waals surface area contributed by atoms with E-state index >= 15 is 0 Å². The van der Waals surface area contributed by atoms with Crippen molar-refractivity contribution in [2.75, 3.05) is 20.2 Å². The fourth-order valence-electron chi connectivity index (χ4n) is 3.45. The van der Waals surface area contributed by atoms with Crippen molar-refractivity contribution < 1.29 is 18.3 Å². The normalized spacial score (nSPS) is 16.7. The Kier molecular flexibility index (Phi) is 5.53. The Morgan fingerprint density at radius 1 is 1.17 bits per heavy atom. The van der Waals surface area contributed by atoms with Gasteiger partial charge in [-0.05, 0) is 49.2 Å². The molecule has 150 valence electrons. The van der Waals surface area contributed by atoms with Crippen LogP contribution >= 0.6 is 11.3 Å². The summed E-state index contributed by atoms with van der Waals surface area (Å²) in [6.45, 7) is 0.975. The van der Waals surface area contributed by atoms with Crippen LogP contribution in [0.2, 0.25) is 0 Å². The number of likely N-dealkylation sites (tertiary alicyclic amines) is 1. The summed E-state index contributed by atoms with van der Waals surface area (Å²) in [5.74, 6) is -1.15. The Bertz CT molecular complexity index is 1020. The van der Waals surface area contributed by atoms with Gasteiger partial charge in [0.25, 0.3) is 5.91 Å². The SMILES string of the molecule is COc1ccc(-c2nnc(C3CCCN(C(=O)c4ccc(F)cc4F)C3)s2)cc1. The first-order valence-corrected chi connectivity index (χ1v) is 10.1. The molecule has 1 aliphatic heterocycles. The van der Waals surface area contributed by atoms with Crippen LogP contribution < -0.4 is 4.74 Å².